The van der Waals surface area contributed by atoms with Crippen LogP contribution in [0.15, 0.2) is 24.3 Å². The third-order valence-corrected chi connectivity index (χ3v) is 2.19. The average molecular weight is 189 g/mol. The Bertz CT molecular complexity index is 425. The summed E-state index contributed by atoms with van der Waals surface area (Å²) < 4.78 is 0. The number of hydrogen-bond donors (Lipinski definition) is 1. The molecular formula is C10H7NO3. The summed E-state index contributed by atoms with van der Waals surface area (Å²) >= 11 is 0. The molecule has 0 bridgehead atoms. The zero-order valence-corrected chi connectivity index (χ0v) is 7.19. The van der Waals surface area contributed by atoms with Crippen molar-refractivity contribution in [3.63, 3.8) is 0 Å². The largest absolute Gasteiger partial charge is 0.325 e. The second-order valence-corrected chi connectivity index (χ2v) is 3.03. The van der Waals surface area contributed by atoms with Crippen molar-refractivity contribution in [1.29, 1.82) is 0 Å². The maximum atomic E-state index is 11.3. The van der Waals surface area contributed by atoms with Gasteiger partial charge in [0.15, 0.2) is 6.29 Å². The van der Waals surface area contributed by atoms with Gasteiger partial charge in [-0.25, -0.2) is 0 Å². The molecule has 0 aromatic heterocycles. The summed E-state index contributed by atoms with van der Waals surface area (Å²) in [4.78, 5) is 32.8. The molecule has 0 radical (unpaired) electrons. The number of aldehydes is 1. The van der Waals surface area contributed by atoms with Crippen molar-refractivity contribution in [1.82, 2.24) is 0 Å². The van der Waals surface area contributed by atoms with Crippen LogP contribution in [0.2, 0.25) is 0 Å². The summed E-state index contributed by atoms with van der Waals surface area (Å²) in [6.07, 6.45) is 0.187. The number of rotatable bonds is 2. The van der Waals surface area contributed by atoms with Crippen molar-refractivity contribution in [2.24, 2.45) is 0 Å². The molecule has 0 spiro atoms. The Morgan fingerprint density at radius 1 is 1.36 bits per heavy atom. The van der Waals surface area contributed by atoms with Crippen LogP contribution in [-0.2, 0) is 14.4 Å². The molecule has 4 heteroatoms. The zero-order chi connectivity index (χ0) is 10.1. The van der Waals surface area contributed by atoms with E-state index in [0.717, 1.165) is 0 Å². The van der Waals surface area contributed by atoms with Gasteiger partial charge >= 0.3 is 0 Å². The second-order valence-electron chi connectivity index (χ2n) is 3.03. The average Bonchev–Trinajstić information content (AvgIpc) is 2.53. The van der Waals surface area contributed by atoms with E-state index in [1.807, 2.05) is 0 Å². The third kappa shape index (κ3) is 1.12. The number of carbonyl (C=O) groups is 3. The van der Waals surface area contributed by atoms with E-state index in [4.69, 9.17) is 0 Å². The van der Waals surface area contributed by atoms with Crippen LogP contribution in [-0.4, -0.2) is 18.0 Å². The van der Waals surface area contributed by atoms with Crippen molar-refractivity contribution in [2.75, 3.05) is 5.32 Å². The van der Waals surface area contributed by atoms with E-state index in [1.54, 1.807) is 24.3 Å². The molecular weight excluding hydrogens is 182 g/mol. The third-order valence-electron chi connectivity index (χ3n) is 2.19. The van der Waals surface area contributed by atoms with E-state index in [9.17, 15) is 14.4 Å². The number of fused-ring (bicyclic) bond motifs is 1. The number of carbonyl (C=O) groups excluding carboxylic acids is 3. The number of Topliss-reactive ketones (excluding diaryl/α,β-unsaturated/α-hetero) is 1. The van der Waals surface area contributed by atoms with Crippen LogP contribution in [0.1, 0.15) is 11.5 Å². The van der Waals surface area contributed by atoms with Crippen LogP contribution >= 0.6 is 0 Å². The number of hydrogen-bond acceptors (Lipinski definition) is 3. The fraction of sp³-hybridized carbons (Fsp3) is 0.100. The molecule has 0 fully saturated rings. The van der Waals surface area contributed by atoms with Crippen LogP contribution in [0.4, 0.5) is 5.69 Å². The van der Waals surface area contributed by atoms with Gasteiger partial charge in [0.2, 0.25) is 11.7 Å². The standard InChI is InChI=1S/C10H7NO3/c12-5-8(13)9-6-3-1-2-4-7(6)11-10(9)14/h1-5,9H,(H,11,14). The van der Waals surface area contributed by atoms with Crippen LogP contribution < -0.4 is 5.32 Å². The Morgan fingerprint density at radius 3 is 2.79 bits per heavy atom. The van der Waals surface area contributed by atoms with E-state index in [1.165, 1.54) is 0 Å². The van der Waals surface area contributed by atoms with E-state index in [-0.39, 0.29) is 6.29 Å². The number of nitrogens with one attached hydrogen (secondary N) is 1. The highest BCUT2D eigenvalue weighted by molar-refractivity contribution is 6.36. The van der Waals surface area contributed by atoms with Gasteiger partial charge in [0.1, 0.15) is 5.92 Å². The first-order chi connectivity index (χ1) is 6.74. The number of para-hydroxylation sites is 1. The van der Waals surface area contributed by atoms with E-state index in [0.29, 0.717) is 11.3 Å². The lowest BCUT2D eigenvalue weighted by Crippen LogP contribution is -2.21. The molecule has 4 nitrogen and oxygen atoms in total. The minimum atomic E-state index is -0.955. The summed E-state index contributed by atoms with van der Waals surface area (Å²) in [5, 5.41) is 2.54. The van der Waals surface area contributed by atoms with Crippen molar-refractivity contribution in [3.8, 4) is 0 Å². The highest BCUT2D eigenvalue weighted by atomic mass is 16.2. The van der Waals surface area contributed by atoms with Gasteiger partial charge in [-0.15, -0.1) is 0 Å². The Labute approximate surface area is 79.9 Å². The van der Waals surface area contributed by atoms with E-state index in [2.05, 4.69) is 5.32 Å². The minimum Gasteiger partial charge on any atom is -0.325 e. The lowest BCUT2D eigenvalue weighted by Gasteiger charge is -2.00. The molecule has 1 heterocycles. The van der Waals surface area contributed by atoms with Crippen molar-refractivity contribution < 1.29 is 14.4 Å². The molecule has 0 saturated heterocycles. The lowest BCUT2D eigenvalue weighted by molar-refractivity contribution is -0.134. The van der Waals surface area contributed by atoms with Crippen molar-refractivity contribution >= 4 is 23.7 Å². The van der Waals surface area contributed by atoms with Crippen LogP contribution in [0.25, 0.3) is 0 Å². The SMILES string of the molecule is O=CC(=O)C1C(=O)Nc2ccccc21. The van der Waals surface area contributed by atoms with Crippen molar-refractivity contribution in [3.05, 3.63) is 29.8 Å². The first-order valence-electron chi connectivity index (χ1n) is 4.13. The summed E-state index contributed by atoms with van der Waals surface area (Å²) in [6.45, 7) is 0. The summed E-state index contributed by atoms with van der Waals surface area (Å²) in [5.41, 5.74) is 1.19. The molecule has 0 saturated carbocycles. The number of amides is 1. The molecule has 2 rings (SSSR count). The zero-order valence-electron chi connectivity index (χ0n) is 7.19. The first-order valence-corrected chi connectivity index (χ1v) is 4.13. The Balaban J connectivity index is 2.49. The van der Waals surface area contributed by atoms with Crippen molar-refractivity contribution in [2.45, 2.75) is 5.92 Å². The summed E-state index contributed by atoms with van der Waals surface area (Å²) in [5.74, 6) is -2.08. The highest BCUT2D eigenvalue weighted by Crippen LogP contribution is 2.32. The molecule has 1 aromatic carbocycles. The Hall–Kier alpha value is -1.97. The van der Waals surface area contributed by atoms with Crippen LogP contribution in [0, 0.1) is 0 Å². The monoisotopic (exact) mass is 189 g/mol. The quantitative estimate of drug-likeness (QED) is 0.418. The molecule has 1 amide bonds. The first kappa shape index (κ1) is 8.62. The molecule has 0 aliphatic carbocycles. The predicted octanol–water partition coefficient (Wildman–Crippen LogP) is 0.490. The second kappa shape index (κ2) is 3.06. The maximum Gasteiger partial charge on any atom is 0.240 e. The van der Waals surface area contributed by atoms with Gasteiger partial charge in [-0.2, -0.15) is 0 Å². The molecule has 1 aliphatic rings. The normalized spacial score (nSPS) is 18.6. The fourth-order valence-electron chi connectivity index (χ4n) is 1.56. The molecule has 1 unspecified atom stereocenters. The molecule has 1 aliphatic heterocycles. The van der Waals surface area contributed by atoms with Crippen LogP contribution in [0.5, 0.6) is 0 Å². The van der Waals surface area contributed by atoms with E-state index >= 15 is 0 Å². The molecule has 70 valence electrons. The molecule has 1 N–H and O–H groups in total. The minimum absolute atomic E-state index is 0.187. The number of ketones is 1. The Morgan fingerprint density at radius 2 is 2.07 bits per heavy atom. The van der Waals surface area contributed by atoms with E-state index < -0.39 is 17.6 Å². The Kier molecular flexibility index (Phi) is 1.89. The topological polar surface area (TPSA) is 63.2 Å². The van der Waals surface area contributed by atoms with Gasteiger partial charge in [-0.05, 0) is 11.6 Å². The van der Waals surface area contributed by atoms with Gasteiger partial charge in [-0.3, -0.25) is 14.4 Å². The number of benzene rings is 1. The summed E-state index contributed by atoms with van der Waals surface area (Å²) in [7, 11) is 0. The lowest BCUT2D eigenvalue weighted by atomic mass is 9.97. The van der Waals surface area contributed by atoms with Gasteiger partial charge in [-0.1, -0.05) is 18.2 Å². The molecule has 1 atom stereocenters. The predicted molar refractivity (Wildman–Crippen MR) is 48.9 cm³/mol. The van der Waals surface area contributed by atoms with Gasteiger partial charge < -0.3 is 5.32 Å². The van der Waals surface area contributed by atoms with Gasteiger partial charge in [0.25, 0.3) is 0 Å². The fourth-order valence-corrected chi connectivity index (χ4v) is 1.56. The molecule has 1 aromatic rings. The summed E-state index contributed by atoms with van der Waals surface area (Å²) in [6, 6.07) is 6.85. The highest BCUT2D eigenvalue weighted by Gasteiger charge is 2.35. The van der Waals surface area contributed by atoms with Gasteiger partial charge in [0, 0.05) is 5.69 Å². The van der Waals surface area contributed by atoms with Crippen LogP contribution in [0.3, 0.4) is 0 Å². The molecule has 14 heavy (non-hydrogen) atoms. The maximum absolute atomic E-state index is 11.3. The van der Waals surface area contributed by atoms with Gasteiger partial charge in [0.05, 0.1) is 0 Å². The smallest absolute Gasteiger partial charge is 0.240 e. The number of anilines is 1.